The van der Waals surface area contributed by atoms with Gasteiger partial charge < -0.3 is 26.0 Å². The monoisotopic (exact) mass is 490 g/mol. The number of amides is 4. The molecule has 0 aromatic heterocycles. The summed E-state index contributed by atoms with van der Waals surface area (Å²) < 4.78 is 5.27. The number of hydrogen-bond acceptors (Lipinski definition) is 5. The number of nitrogens with two attached hydrogens (primary N) is 1. The number of ether oxygens (including phenoxy) is 1. The van der Waals surface area contributed by atoms with Crippen molar-refractivity contribution in [2.24, 2.45) is 5.73 Å². The first-order valence-corrected chi connectivity index (χ1v) is 12.2. The number of benzene rings is 1. The van der Waals surface area contributed by atoms with Crippen LogP contribution in [0.25, 0.3) is 0 Å². The van der Waals surface area contributed by atoms with E-state index in [1.807, 2.05) is 45.9 Å². The zero-order chi connectivity index (χ0) is 26.9. The van der Waals surface area contributed by atoms with Crippen LogP contribution < -0.4 is 16.4 Å². The van der Waals surface area contributed by atoms with Crippen LogP contribution in [-0.2, 0) is 19.1 Å². The molecule has 0 bridgehead atoms. The van der Waals surface area contributed by atoms with E-state index in [-0.39, 0.29) is 18.5 Å². The maximum Gasteiger partial charge on any atom is 0.408 e. The average molecular weight is 491 g/mol. The summed E-state index contributed by atoms with van der Waals surface area (Å²) >= 11 is 0. The minimum Gasteiger partial charge on any atom is -0.444 e. The lowest BCUT2D eigenvalue weighted by molar-refractivity contribution is -0.143. The molecule has 196 valence electrons. The van der Waals surface area contributed by atoms with E-state index in [0.29, 0.717) is 5.56 Å². The van der Waals surface area contributed by atoms with Crippen LogP contribution in [0.2, 0.25) is 0 Å². The predicted molar refractivity (Wildman–Crippen MR) is 136 cm³/mol. The summed E-state index contributed by atoms with van der Waals surface area (Å²) in [5.41, 5.74) is 7.05. The maximum atomic E-state index is 13.7. The zero-order valence-electron chi connectivity index (χ0n) is 22.4. The van der Waals surface area contributed by atoms with Crippen LogP contribution in [0.1, 0.15) is 83.5 Å². The van der Waals surface area contributed by atoms with Gasteiger partial charge in [-0.15, -0.1) is 0 Å². The molecule has 0 aliphatic carbocycles. The number of likely N-dealkylation sites (N-methyl/N-ethyl adjacent to an activating group) is 1. The lowest BCUT2D eigenvalue weighted by Gasteiger charge is -2.35. The lowest BCUT2D eigenvalue weighted by atomic mass is 9.95. The Morgan fingerprint density at radius 2 is 1.71 bits per heavy atom. The van der Waals surface area contributed by atoms with Crippen molar-refractivity contribution in [2.75, 3.05) is 6.54 Å². The van der Waals surface area contributed by atoms with Gasteiger partial charge >= 0.3 is 6.09 Å². The van der Waals surface area contributed by atoms with Gasteiger partial charge in [0, 0.05) is 12.6 Å². The quantitative estimate of drug-likeness (QED) is 0.438. The number of carbonyl (C=O) groups is 4. The Morgan fingerprint density at radius 1 is 1.09 bits per heavy atom. The number of carbonyl (C=O) groups excluding carboxylic acids is 4. The standard InChI is InChI=1S/C26H42N4O5/c1-9-11-18(5)28-23(32)22(19-14-16(3)12-13-17(19)4)30(10-2)24(33)20(15-21(27)31)29-25(34)35-26(6,7)8/h12-14,18,20,22H,9-11,15H2,1-8H3,(H2,27,31)(H,28,32)(H,29,34). The molecule has 0 aliphatic heterocycles. The Morgan fingerprint density at radius 3 is 2.23 bits per heavy atom. The van der Waals surface area contributed by atoms with Crippen molar-refractivity contribution in [2.45, 2.75) is 98.4 Å². The van der Waals surface area contributed by atoms with Crippen molar-refractivity contribution in [1.82, 2.24) is 15.5 Å². The van der Waals surface area contributed by atoms with E-state index in [0.717, 1.165) is 24.0 Å². The second-order valence-corrected chi connectivity index (χ2v) is 9.95. The molecule has 9 nitrogen and oxygen atoms in total. The highest BCUT2D eigenvalue weighted by Crippen LogP contribution is 2.27. The van der Waals surface area contributed by atoms with E-state index in [2.05, 4.69) is 10.6 Å². The van der Waals surface area contributed by atoms with Crippen LogP contribution in [0, 0.1) is 13.8 Å². The Balaban J connectivity index is 3.45. The van der Waals surface area contributed by atoms with Crippen molar-refractivity contribution in [3.05, 3.63) is 34.9 Å². The van der Waals surface area contributed by atoms with Crippen LogP contribution in [0.4, 0.5) is 4.79 Å². The molecular weight excluding hydrogens is 448 g/mol. The Hall–Kier alpha value is -3.10. The highest BCUT2D eigenvalue weighted by atomic mass is 16.6. The minimum atomic E-state index is -1.28. The first-order chi connectivity index (χ1) is 16.2. The van der Waals surface area contributed by atoms with Gasteiger partial charge in [-0.25, -0.2) is 4.79 Å². The Kier molecular flexibility index (Phi) is 11.2. The molecule has 1 aromatic rings. The molecule has 1 rings (SSSR count). The number of rotatable bonds is 11. The fraction of sp³-hybridized carbons (Fsp3) is 0.615. The molecule has 0 saturated heterocycles. The molecule has 3 atom stereocenters. The molecule has 1 aromatic carbocycles. The van der Waals surface area contributed by atoms with E-state index in [1.54, 1.807) is 27.7 Å². The summed E-state index contributed by atoms with van der Waals surface area (Å²) in [6.07, 6.45) is 0.405. The lowest BCUT2D eigenvalue weighted by Crippen LogP contribution is -2.54. The van der Waals surface area contributed by atoms with Gasteiger partial charge in [-0.05, 0) is 66.0 Å². The molecule has 0 radical (unpaired) electrons. The molecule has 0 aliphatic rings. The van der Waals surface area contributed by atoms with E-state index >= 15 is 0 Å². The largest absolute Gasteiger partial charge is 0.444 e. The van der Waals surface area contributed by atoms with Gasteiger partial charge in [-0.2, -0.15) is 0 Å². The normalized spacial score (nSPS) is 13.8. The van der Waals surface area contributed by atoms with Crippen LogP contribution >= 0.6 is 0 Å². The summed E-state index contributed by atoms with van der Waals surface area (Å²) in [4.78, 5) is 52.8. The number of alkyl carbamates (subject to hydrolysis) is 1. The van der Waals surface area contributed by atoms with Gasteiger partial charge in [-0.3, -0.25) is 14.4 Å². The third-order valence-corrected chi connectivity index (χ3v) is 5.42. The Bertz CT molecular complexity index is 909. The predicted octanol–water partition coefficient (Wildman–Crippen LogP) is 3.27. The summed E-state index contributed by atoms with van der Waals surface area (Å²) in [5.74, 6) is -1.69. The highest BCUT2D eigenvalue weighted by Gasteiger charge is 2.37. The van der Waals surface area contributed by atoms with Crippen LogP contribution in [0.3, 0.4) is 0 Å². The van der Waals surface area contributed by atoms with E-state index in [4.69, 9.17) is 10.5 Å². The van der Waals surface area contributed by atoms with Crippen LogP contribution in [-0.4, -0.2) is 52.9 Å². The first-order valence-electron chi connectivity index (χ1n) is 12.2. The van der Waals surface area contributed by atoms with Gasteiger partial charge in [0.2, 0.25) is 17.7 Å². The molecule has 4 N–H and O–H groups in total. The fourth-order valence-electron chi connectivity index (χ4n) is 3.85. The number of hydrogen-bond donors (Lipinski definition) is 3. The van der Waals surface area contributed by atoms with Crippen molar-refractivity contribution in [3.63, 3.8) is 0 Å². The summed E-state index contributed by atoms with van der Waals surface area (Å²) in [6.45, 7) is 14.7. The van der Waals surface area contributed by atoms with Crippen molar-refractivity contribution in [1.29, 1.82) is 0 Å². The molecule has 0 spiro atoms. The van der Waals surface area contributed by atoms with E-state index in [1.165, 1.54) is 4.90 Å². The topological polar surface area (TPSA) is 131 Å². The van der Waals surface area contributed by atoms with E-state index in [9.17, 15) is 19.2 Å². The van der Waals surface area contributed by atoms with Gasteiger partial charge in [0.05, 0.1) is 6.42 Å². The molecule has 4 amide bonds. The SMILES string of the molecule is CCCC(C)NC(=O)C(c1cc(C)ccc1C)N(CC)C(=O)C(CC(N)=O)NC(=O)OC(C)(C)C. The van der Waals surface area contributed by atoms with Crippen molar-refractivity contribution in [3.8, 4) is 0 Å². The smallest absolute Gasteiger partial charge is 0.408 e. The second kappa shape index (κ2) is 13.1. The summed E-state index contributed by atoms with van der Waals surface area (Å²) in [7, 11) is 0. The molecule has 3 unspecified atom stereocenters. The van der Waals surface area contributed by atoms with Crippen molar-refractivity contribution < 1.29 is 23.9 Å². The highest BCUT2D eigenvalue weighted by molar-refractivity contribution is 5.94. The Labute approximate surface area is 209 Å². The number of primary amides is 1. The average Bonchev–Trinajstić information content (AvgIpc) is 2.71. The summed E-state index contributed by atoms with van der Waals surface area (Å²) in [6, 6.07) is 3.39. The maximum absolute atomic E-state index is 13.7. The number of nitrogens with one attached hydrogen (secondary N) is 2. The molecular formula is C26H42N4O5. The van der Waals surface area contributed by atoms with Crippen LogP contribution in [0.15, 0.2) is 18.2 Å². The number of aryl methyl sites for hydroxylation is 2. The second-order valence-electron chi connectivity index (χ2n) is 9.95. The van der Waals surface area contributed by atoms with Crippen molar-refractivity contribution >= 4 is 23.8 Å². The van der Waals surface area contributed by atoms with Gasteiger partial charge in [0.15, 0.2) is 0 Å². The fourth-order valence-corrected chi connectivity index (χ4v) is 3.85. The number of nitrogens with zero attached hydrogens (tertiary/aromatic N) is 1. The summed E-state index contributed by atoms with van der Waals surface area (Å²) in [5, 5.41) is 5.48. The van der Waals surface area contributed by atoms with Crippen LogP contribution in [0.5, 0.6) is 0 Å². The third kappa shape index (κ3) is 9.58. The zero-order valence-corrected chi connectivity index (χ0v) is 22.4. The van der Waals surface area contributed by atoms with E-state index < -0.39 is 42.0 Å². The molecule has 0 saturated carbocycles. The third-order valence-electron chi connectivity index (χ3n) is 5.42. The molecule has 35 heavy (non-hydrogen) atoms. The van der Waals surface area contributed by atoms with Gasteiger partial charge in [0.25, 0.3) is 0 Å². The molecule has 0 fully saturated rings. The van der Waals surface area contributed by atoms with Gasteiger partial charge in [0.1, 0.15) is 17.7 Å². The molecule has 0 heterocycles. The minimum absolute atomic E-state index is 0.0878. The first kappa shape index (κ1) is 29.9. The molecule has 9 heteroatoms. The van der Waals surface area contributed by atoms with Gasteiger partial charge in [-0.1, -0.05) is 37.1 Å².